The molecule has 0 aliphatic heterocycles. The Morgan fingerprint density at radius 2 is 2.00 bits per heavy atom. The van der Waals surface area contributed by atoms with E-state index in [0.29, 0.717) is 22.3 Å². The van der Waals surface area contributed by atoms with Crippen molar-refractivity contribution >= 4 is 43.5 Å². The van der Waals surface area contributed by atoms with Crippen LogP contribution in [-0.2, 0) is 11.3 Å². The van der Waals surface area contributed by atoms with E-state index < -0.39 is 5.97 Å². The quantitative estimate of drug-likeness (QED) is 0.731. The van der Waals surface area contributed by atoms with Crippen LogP contribution < -0.4 is 5.32 Å². The van der Waals surface area contributed by atoms with Crippen molar-refractivity contribution in [2.24, 2.45) is 0 Å². The number of rotatable bonds is 4. The number of anilines is 1. The van der Waals surface area contributed by atoms with E-state index in [9.17, 15) is 9.18 Å². The van der Waals surface area contributed by atoms with E-state index in [1.54, 1.807) is 30.3 Å². The van der Waals surface area contributed by atoms with Crippen molar-refractivity contribution in [1.82, 2.24) is 0 Å². The summed E-state index contributed by atoms with van der Waals surface area (Å²) in [5.41, 5.74) is 1.79. The van der Waals surface area contributed by atoms with Gasteiger partial charge in [-0.25, -0.2) is 9.18 Å². The van der Waals surface area contributed by atoms with Crippen LogP contribution in [0.5, 0.6) is 0 Å². The van der Waals surface area contributed by atoms with Crippen molar-refractivity contribution < 1.29 is 13.9 Å². The Morgan fingerprint density at radius 1 is 1.24 bits per heavy atom. The summed E-state index contributed by atoms with van der Waals surface area (Å²) in [6, 6.07) is 9.97. The van der Waals surface area contributed by atoms with Gasteiger partial charge in [0, 0.05) is 15.5 Å². The molecule has 0 spiro atoms. The van der Waals surface area contributed by atoms with Crippen LogP contribution in [0.2, 0.25) is 0 Å². The number of nitrogens with one attached hydrogen (secondary N) is 1. The maximum absolute atomic E-state index is 13.7. The Morgan fingerprint density at radius 3 is 2.62 bits per heavy atom. The molecule has 2 aromatic carbocycles. The summed E-state index contributed by atoms with van der Waals surface area (Å²) in [6.45, 7) is 0.431. The molecule has 6 heteroatoms. The van der Waals surface area contributed by atoms with Gasteiger partial charge in [-0.05, 0) is 35.9 Å². The zero-order chi connectivity index (χ0) is 15.4. The maximum atomic E-state index is 13.7. The monoisotopic (exact) mass is 415 g/mol. The summed E-state index contributed by atoms with van der Waals surface area (Å²) in [7, 11) is 1.34. The number of hydrogen-bond donors (Lipinski definition) is 1. The van der Waals surface area contributed by atoms with Gasteiger partial charge in [-0.15, -0.1) is 0 Å². The predicted octanol–water partition coefficient (Wildman–Crippen LogP) is 4.75. The largest absolute Gasteiger partial charge is 0.465 e. The molecule has 2 aromatic rings. The topological polar surface area (TPSA) is 38.3 Å². The number of benzene rings is 2. The molecule has 0 aliphatic rings. The van der Waals surface area contributed by atoms with Crippen molar-refractivity contribution in [2.45, 2.75) is 6.54 Å². The Kier molecular flexibility index (Phi) is 5.36. The molecule has 0 unspecified atom stereocenters. The van der Waals surface area contributed by atoms with E-state index in [1.165, 1.54) is 13.2 Å². The third kappa shape index (κ3) is 4.04. The summed E-state index contributed by atoms with van der Waals surface area (Å²) in [5, 5.41) is 3.02. The molecule has 21 heavy (non-hydrogen) atoms. The van der Waals surface area contributed by atoms with Gasteiger partial charge < -0.3 is 10.1 Å². The highest BCUT2D eigenvalue weighted by atomic mass is 79.9. The van der Waals surface area contributed by atoms with Gasteiger partial charge in [0.2, 0.25) is 0 Å². The molecule has 0 radical (unpaired) electrons. The van der Waals surface area contributed by atoms with Crippen molar-refractivity contribution in [3.05, 3.63) is 62.3 Å². The lowest BCUT2D eigenvalue weighted by Crippen LogP contribution is -2.05. The second-order valence-corrected chi connectivity index (χ2v) is 6.05. The van der Waals surface area contributed by atoms with E-state index in [0.717, 1.165) is 10.0 Å². The molecule has 3 nitrogen and oxygen atoms in total. The van der Waals surface area contributed by atoms with Gasteiger partial charge in [0.15, 0.2) is 0 Å². The minimum Gasteiger partial charge on any atom is -0.465 e. The van der Waals surface area contributed by atoms with Crippen LogP contribution in [0.1, 0.15) is 15.9 Å². The molecule has 0 saturated carbocycles. The molecule has 110 valence electrons. The fourth-order valence-electron chi connectivity index (χ4n) is 1.76. The molecule has 1 N–H and O–H groups in total. The molecule has 0 aromatic heterocycles. The first-order chi connectivity index (χ1) is 10.0. The van der Waals surface area contributed by atoms with E-state index in [-0.39, 0.29) is 5.82 Å². The first-order valence-corrected chi connectivity index (χ1v) is 7.65. The summed E-state index contributed by atoms with van der Waals surface area (Å²) in [5.74, 6) is -0.721. The number of halogens is 3. The minimum atomic E-state index is -0.394. The van der Waals surface area contributed by atoms with Gasteiger partial charge in [-0.3, -0.25) is 0 Å². The summed E-state index contributed by atoms with van der Waals surface area (Å²) >= 11 is 6.61. The molecular weight excluding hydrogens is 405 g/mol. The molecule has 0 fully saturated rings. The number of carbonyl (C=O) groups excluding carboxylic acids is 1. The molecule has 0 atom stereocenters. The molecular formula is C15H12Br2FNO2. The van der Waals surface area contributed by atoms with Crippen LogP contribution in [0.25, 0.3) is 0 Å². The maximum Gasteiger partial charge on any atom is 0.337 e. The summed E-state index contributed by atoms with van der Waals surface area (Å²) in [6.07, 6.45) is 0. The number of ether oxygens (including phenoxy) is 1. The number of esters is 1. The molecule has 0 bridgehead atoms. The number of methoxy groups -OCH3 is 1. The molecule has 0 heterocycles. The fraction of sp³-hybridized carbons (Fsp3) is 0.133. The lowest BCUT2D eigenvalue weighted by atomic mass is 10.1. The predicted molar refractivity (Wildman–Crippen MR) is 86.9 cm³/mol. The summed E-state index contributed by atoms with van der Waals surface area (Å²) < 4.78 is 19.8. The van der Waals surface area contributed by atoms with Gasteiger partial charge >= 0.3 is 5.97 Å². The second kappa shape index (κ2) is 7.04. The Labute approximate surface area is 138 Å². The minimum absolute atomic E-state index is 0.327. The van der Waals surface area contributed by atoms with Gasteiger partial charge in [-0.1, -0.05) is 37.9 Å². The van der Waals surface area contributed by atoms with Crippen molar-refractivity contribution in [3.63, 3.8) is 0 Å². The van der Waals surface area contributed by atoms with Gasteiger partial charge in [0.05, 0.1) is 18.4 Å². The highest BCUT2D eigenvalue weighted by molar-refractivity contribution is 9.10. The standard InChI is InChI=1S/C15H12Br2FNO2/c1-21-15(20)9-2-3-10(12(17)6-9)8-19-14-5-4-11(16)7-13(14)18/h2-7,19H,8H2,1H3. The SMILES string of the molecule is COC(=O)c1ccc(CNc2ccc(Br)cc2F)c(Br)c1. The van der Waals surface area contributed by atoms with Crippen molar-refractivity contribution in [3.8, 4) is 0 Å². The molecule has 0 aliphatic carbocycles. The van der Waals surface area contributed by atoms with Crippen LogP contribution >= 0.6 is 31.9 Å². The first kappa shape index (κ1) is 16.0. The van der Waals surface area contributed by atoms with Gasteiger partial charge in [0.1, 0.15) is 5.82 Å². The smallest absolute Gasteiger partial charge is 0.337 e. The van der Waals surface area contributed by atoms with E-state index in [1.807, 2.05) is 0 Å². The number of carbonyl (C=O) groups is 1. The van der Waals surface area contributed by atoms with E-state index in [2.05, 4.69) is 41.9 Å². The van der Waals surface area contributed by atoms with E-state index >= 15 is 0 Å². The van der Waals surface area contributed by atoms with Gasteiger partial charge in [-0.2, -0.15) is 0 Å². The Bertz CT molecular complexity index is 677. The second-order valence-electron chi connectivity index (χ2n) is 4.28. The molecule has 2 rings (SSSR count). The Balaban J connectivity index is 2.11. The lowest BCUT2D eigenvalue weighted by Gasteiger charge is -2.10. The first-order valence-electron chi connectivity index (χ1n) is 6.07. The van der Waals surface area contributed by atoms with Crippen LogP contribution in [0, 0.1) is 5.82 Å². The summed E-state index contributed by atoms with van der Waals surface area (Å²) in [4.78, 5) is 11.4. The zero-order valence-electron chi connectivity index (χ0n) is 11.1. The normalized spacial score (nSPS) is 10.3. The van der Waals surface area contributed by atoms with Crippen LogP contribution in [0.3, 0.4) is 0 Å². The van der Waals surface area contributed by atoms with Crippen molar-refractivity contribution in [2.75, 3.05) is 12.4 Å². The zero-order valence-corrected chi connectivity index (χ0v) is 14.3. The average molecular weight is 417 g/mol. The van der Waals surface area contributed by atoms with Crippen molar-refractivity contribution in [1.29, 1.82) is 0 Å². The molecule has 0 amide bonds. The third-order valence-corrected chi connectivity index (χ3v) is 4.11. The van der Waals surface area contributed by atoms with E-state index in [4.69, 9.17) is 0 Å². The van der Waals surface area contributed by atoms with Crippen LogP contribution in [0.15, 0.2) is 45.3 Å². The lowest BCUT2D eigenvalue weighted by molar-refractivity contribution is 0.0600. The van der Waals surface area contributed by atoms with Crippen LogP contribution in [0.4, 0.5) is 10.1 Å². The number of hydrogen-bond acceptors (Lipinski definition) is 3. The highest BCUT2D eigenvalue weighted by Gasteiger charge is 2.09. The highest BCUT2D eigenvalue weighted by Crippen LogP contribution is 2.23. The molecule has 0 saturated heterocycles. The Hall–Kier alpha value is -1.40. The van der Waals surface area contributed by atoms with Gasteiger partial charge in [0.25, 0.3) is 0 Å². The fourth-order valence-corrected chi connectivity index (χ4v) is 2.61. The average Bonchev–Trinajstić information content (AvgIpc) is 2.46. The third-order valence-electron chi connectivity index (χ3n) is 2.87. The van der Waals surface area contributed by atoms with Crippen LogP contribution in [-0.4, -0.2) is 13.1 Å².